The number of aromatic nitrogens is 11. The third-order valence-corrected chi connectivity index (χ3v) is 24.4. The summed E-state index contributed by atoms with van der Waals surface area (Å²) in [5.74, 6) is 5.83. The quantitative estimate of drug-likeness (QED) is 0.116. The molecule has 24 rings (SSSR count). The first-order valence-corrected chi connectivity index (χ1v) is 42.2. The van der Waals surface area contributed by atoms with Gasteiger partial charge in [-0.15, -0.1) is 0 Å². The van der Waals surface area contributed by atoms with Gasteiger partial charge in [-0.1, -0.05) is 396 Å². The minimum atomic E-state index is -0.484. The molecule has 22 aromatic rings. The van der Waals surface area contributed by atoms with Crippen molar-refractivity contribution >= 4 is 54.3 Å². The van der Waals surface area contributed by atoms with Crippen molar-refractivity contribution in [2.24, 2.45) is 0 Å². The molecule has 0 unspecified atom stereocenters. The van der Waals surface area contributed by atoms with Crippen molar-refractivity contribution in [2.45, 2.75) is 24.7 Å². The lowest BCUT2D eigenvalue weighted by Gasteiger charge is -2.34. The molecular weight excluding hydrogens is 1520 g/mol. The number of hydrogen-bond acceptors (Lipinski definition) is 10. The summed E-state index contributed by atoms with van der Waals surface area (Å²) < 4.78 is 2.21. The fourth-order valence-electron chi connectivity index (χ4n) is 18.4. The van der Waals surface area contributed by atoms with E-state index in [1.54, 1.807) is 0 Å². The van der Waals surface area contributed by atoms with Crippen LogP contribution >= 0.6 is 0 Å². The van der Waals surface area contributed by atoms with E-state index < -0.39 is 5.41 Å². The van der Waals surface area contributed by atoms with Crippen molar-refractivity contribution in [3.8, 4) is 130 Å². The van der Waals surface area contributed by atoms with Gasteiger partial charge in [-0.2, -0.15) is 9.97 Å². The van der Waals surface area contributed by atoms with Crippen molar-refractivity contribution in [3.63, 3.8) is 0 Å². The molecule has 0 atom stereocenters. The third-order valence-electron chi connectivity index (χ3n) is 24.4. The van der Waals surface area contributed by atoms with Crippen molar-refractivity contribution in [1.82, 2.24) is 54.4 Å². The highest BCUT2D eigenvalue weighted by molar-refractivity contribution is 6.11. The Bertz CT molecular complexity index is 7600. The first-order chi connectivity index (χ1) is 61.7. The Hall–Kier alpha value is -16.5. The zero-order chi connectivity index (χ0) is 83.4. The Morgan fingerprint density at radius 3 is 1.10 bits per heavy atom. The number of rotatable bonds is 12. The summed E-state index contributed by atoms with van der Waals surface area (Å²) in [4.78, 5) is 49.7. The van der Waals surface area contributed by atoms with Crippen LogP contribution in [0.25, 0.3) is 185 Å². The molecule has 0 N–H and O–H groups in total. The van der Waals surface area contributed by atoms with Crippen LogP contribution in [0.2, 0.25) is 0 Å². The number of fused-ring (bicyclic) bond motifs is 12. The van der Waals surface area contributed by atoms with Crippen molar-refractivity contribution in [1.29, 1.82) is 0 Å². The van der Waals surface area contributed by atoms with E-state index in [1.807, 2.05) is 134 Å². The SMILES string of the molecule is CC1(C)c2ccccc2-c2cc3c(cc21)c1ccccc1n3-c1nc(-c2ccccc2)nc(-c2ccccc2)n1.c1ccc(-c2nc(-c3ccccc3)nc(-c3ccc4c(c3)C(c3ccccc3)(c3ccccc3)c3ccccc3-4)n2)cc1.c1ccc2cc(-c3nc(-c4ccc(-c5cccc6cccnc56)cc4)nc(-c4ccc5ccccc5c4)n3)ccc2c1. The zero-order valence-corrected chi connectivity index (χ0v) is 68.4. The zero-order valence-electron chi connectivity index (χ0n) is 68.4. The summed E-state index contributed by atoms with van der Waals surface area (Å²) in [5.41, 5.74) is 25.2. The summed E-state index contributed by atoms with van der Waals surface area (Å²) in [7, 11) is 0. The maximum Gasteiger partial charge on any atom is 0.238 e. The second-order valence-electron chi connectivity index (χ2n) is 32.2. The number of para-hydroxylation sites is 2. The number of nitrogens with zero attached hydrogens (tertiary/aromatic N) is 11. The van der Waals surface area contributed by atoms with Gasteiger partial charge in [0.2, 0.25) is 5.95 Å². The highest BCUT2D eigenvalue weighted by Crippen LogP contribution is 2.57. The maximum absolute atomic E-state index is 5.08. The fraction of sp³-hybridized carbons (Fsp3) is 0.0351. The van der Waals surface area contributed by atoms with Gasteiger partial charge in [-0.3, -0.25) is 9.55 Å². The standard InChI is InChI=1S/C40H27N3.C38H24N4.C36H26N4/c1-5-15-28(16-6-1)37-41-38(29-17-7-2-8-18-29)43-39(42-37)30-25-26-34-33-23-13-14-24-35(33)40(36(34)27-30,31-19-9-3-10-20-31)32-21-11-4-12-22-32;1-3-9-30-23-32(20-14-25(30)7-1)37-40-36(41-38(42-37)33-21-15-26-8-2-4-10-31(26)24-33)29-18-16-27(17-19-29)34-13-5-11-28-12-6-22-39-35(28)34;1-36(2)29-19-11-9-17-25(29)27-22-32-28(21-30(27)36)26-18-10-12-20-31(26)40(32)35-38-33(23-13-5-3-6-14-23)37-34(39-35)24-15-7-4-8-16-24/h1-27H;1-24H;3-22H,1-2H3. The minimum absolute atomic E-state index is 0.0720. The van der Waals surface area contributed by atoms with E-state index in [1.165, 1.54) is 77.2 Å². The van der Waals surface area contributed by atoms with E-state index in [0.717, 1.165) is 88.3 Å². The summed E-state index contributed by atoms with van der Waals surface area (Å²) in [5, 5.41) is 8.19. The smallest absolute Gasteiger partial charge is 0.238 e. The molecule has 0 saturated heterocycles. The molecule has 0 spiro atoms. The molecule has 125 heavy (non-hydrogen) atoms. The lowest BCUT2D eigenvalue weighted by molar-refractivity contribution is 0.661. The normalized spacial score (nSPS) is 12.5. The molecule has 0 bridgehead atoms. The third kappa shape index (κ3) is 13.6. The Labute approximate surface area is 723 Å². The summed E-state index contributed by atoms with van der Waals surface area (Å²) in [6.45, 7) is 4.65. The van der Waals surface area contributed by atoms with E-state index in [-0.39, 0.29) is 5.41 Å². The molecule has 17 aromatic carbocycles. The average molecular weight is 1600 g/mol. The number of hydrogen-bond donors (Lipinski definition) is 0. The van der Waals surface area contributed by atoms with Crippen LogP contribution in [0.1, 0.15) is 47.2 Å². The van der Waals surface area contributed by atoms with Crippen molar-refractivity contribution in [2.75, 3.05) is 0 Å². The highest BCUT2D eigenvalue weighted by atomic mass is 15.2. The van der Waals surface area contributed by atoms with Crippen LogP contribution in [0.5, 0.6) is 0 Å². The van der Waals surface area contributed by atoms with Gasteiger partial charge < -0.3 is 0 Å². The van der Waals surface area contributed by atoms with Gasteiger partial charge in [0.15, 0.2) is 46.6 Å². The van der Waals surface area contributed by atoms with Crippen LogP contribution in [0.4, 0.5) is 0 Å². The predicted octanol–water partition coefficient (Wildman–Crippen LogP) is 27.2. The summed E-state index contributed by atoms with van der Waals surface area (Å²) >= 11 is 0. The first kappa shape index (κ1) is 74.8. The molecular formula is C114H77N11. The van der Waals surface area contributed by atoms with Crippen LogP contribution in [-0.4, -0.2) is 54.4 Å². The van der Waals surface area contributed by atoms with Gasteiger partial charge in [0.05, 0.1) is 22.0 Å². The second-order valence-corrected chi connectivity index (χ2v) is 32.2. The predicted molar refractivity (Wildman–Crippen MR) is 508 cm³/mol. The molecule has 5 aromatic heterocycles. The second kappa shape index (κ2) is 31.6. The number of benzene rings is 17. The Balaban J connectivity index is 0.000000111. The van der Waals surface area contributed by atoms with Gasteiger partial charge in [-0.25, -0.2) is 34.9 Å². The lowest BCUT2D eigenvalue weighted by atomic mass is 9.67. The highest BCUT2D eigenvalue weighted by Gasteiger charge is 2.46. The molecule has 0 amide bonds. The average Bonchev–Trinajstić information content (AvgIpc) is 1.53. The molecule has 0 fully saturated rings. The molecule has 0 aliphatic heterocycles. The molecule has 2 aliphatic rings. The van der Waals surface area contributed by atoms with Crippen LogP contribution in [0.15, 0.2) is 431 Å². The minimum Gasteiger partial charge on any atom is -0.278 e. The van der Waals surface area contributed by atoms with Crippen LogP contribution in [0, 0.1) is 0 Å². The van der Waals surface area contributed by atoms with E-state index in [9.17, 15) is 0 Å². The first-order valence-electron chi connectivity index (χ1n) is 42.2. The molecule has 588 valence electrons. The van der Waals surface area contributed by atoms with Gasteiger partial charge >= 0.3 is 0 Å². The molecule has 11 nitrogen and oxygen atoms in total. The topological polar surface area (TPSA) is 134 Å². The van der Waals surface area contributed by atoms with Gasteiger partial charge in [-0.05, 0) is 125 Å². The Morgan fingerprint density at radius 2 is 0.576 bits per heavy atom. The van der Waals surface area contributed by atoms with E-state index in [0.29, 0.717) is 52.5 Å². The molecule has 0 saturated carbocycles. The van der Waals surface area contributed by atoms with Gasteiger partial charge in [0.1, 0.15) is 0 Å². The number of pyridine rings is 1. The van der Waals surface area contributed by atoms with E-state index in [2.05, 4.69) is 321 Å². The fourth-order valence-corrected chi connectivity index (χ4v) is 18.4. The van der Waals surface area contributed by atoms with Crippen molar-refractivity contribution < 1.29 is 0 Å². The van der Waals surface area contributed by atoms with E-state index in [4.69, 9.17) is 44.9 Å². The summed E-state index contributed by atoms with van der Waals surface area (Å²) in [6.07, 6.45) is 1.84. The molecule has 5 heterocycles. The summed E-state index contributed by atoms with van der Waals surface area (Å²) in [6, 6.07) is 148. The van der Waals surface area contributed by atoms with Crippen LogP contribution < -0.4 is 0 Å². The van der Waals surface area contributed by atoms with Crippen LogP contribution in [0.3, 0.4) is 0 Å². The van der Waals surface area contributed by atoms with E-state index >= 15 is 0 Å². The van der Waals surface area contributed by atoms with Crippen LogP contribution in [-0.2, 0) is 10.8 Å². The molecule has 11 heteroatoms. The largest absolute Gasteiger partial charge is 0.278 e. The Kier molecular flexibility index (Phi) is 18.9. The maximum atomic E-state index is 5.08. The molecule has 0 radical (unpaired) electrons. The van der Waals surface area contributed by atoms with Gasteiger partial charge in [0.25, 0.3) is 0 Å². The van der Waals surface area contributed by atoms with Crippen molar-refractivity contribution in [3.05, 3.63) is 464 Å². The monoisotopic (exact) mass is 1600 g/mol. The van der Waals surface area contributed by atoms with Gasteiger partial charge in [0, 0.05) is 77.8 Å². The lowest BCUT2D eigenvalue weighted by Crippen LogP contribution is -2.28. The molecule has 2 aliphatic carbocycles. The Morgan fingerprint density at radius 1 is 0.208 bits per heavy atom.